The van der Waals surface area contributed by atoms with E-state index < -0.39 is 0 Å². The lowest BCUT2D eigenvalue weighted by Gasteiger charge is -2.26. The Morgan fingerprint density at radius 3 is 2.65 bits per heavy atom. The Balaban J connectivity index is 1.74. The molecule has 0 spiro atoms. The van der Waals surface area contributed by atoms with E-state index in [1.807, 2.05) is 30.6 Å². The predicted molar refractivity (Wildman–Crippen MR) is 142 cm³/mol. The minimum Gasteiger partial charge on any atom is -0.369 e. The quantitative estimate of drug-likeness (QED) is 0.323. The molecule has 0 N–H and O–H groups in total. The van der Waals surface area contributed by atoms with Crippen LogP contribution in [0.5, 0.6) is 0 Å². The number of rotatable bonds is 8. The van der Waals surface area contributed by atoms with Crippen molar-refractivity contribution in [3.05, 3.63) is 83.6 Å². The number of hydrogen-bond acceptors (Lipinski definition) is 3. The molecule has 1 saturated carbocycles. The van der Waals surface area contributed by atoms with Crippen LogP contribution in [0.25, 0.3) is 21.9 Å². The van der Waals surface area contributed by atoms with Crippen LogP contribution >= 0.6 is 0 Å². The number of nitrogens with zero attached hydrogens (tertiary/aromatic N) is 2. The second-order valence-corrected chi connectivity index (χ2v) is 9.27. The maximum atomic E-state index is 9.90. The summed E-state index contributed by atoms with van der Waals surface area (Å²) in [6, 6.07) is 23.1. The maximum absolute atomic E-state index is 9.90. The summed E-state index contributed by atoms with van der Waals surface area (Å²) in [5.74, 6) is 0.624. The zero-order chi connectivity index (χ0) is 23.8. The van der Waals surface area contributed by atoms with Gasteiger partial charge in [0.1, 0.15) is 6.10 Å². The van der Waals surface area contributed by atoms with Crippen molar-refractivity contribution < 1.29 is 4.74 Å². The van der Waals surface area contributed by atoms with Gasteiger partial charge in [-0.1, -0.05) is 74.7 Å². The van der Waals surface area contributed by atoms with Crippen molar-refractivity contribution in [1.29, 1.82) is 5.26 Å². The Labute approximate surface area is 203 Å². The van der Waals surface area contributed by atoms with E-state index in [-0.39, 0.29) is 6.10 Å². The van der Waals surface area contributed by atoms with Crippen molar-refractivity contribution in [2.45, 2.75) is 58.5 Å². The van der Waals surface area contributed by atoms with Gasteiger partial charge < -0.3 is 4.74 Å². The average Bonchev–Trinajstić information content (AvgIpc) is 2.89. The molecule has 0 heterocycles. The molecule has 4 rings (SSSR count). The van der Waals surface area contributed by atoms with Gasteiger partial charge in [0, 0.05) is 18.0 Å². The van der Waals surface area contributed by atoms with Crippen LogP contribution in [0.15, 0.2) is 77.4 Å². The SMILES string of the molecule is CCC=N/C=C(\C)C(OCC1CCCCC1)c1ccc(C#N)c(-c2cccc3ccccc23)c1. The zero-order valence-corrected chi connectivity index (χ0v) is 20.3. The van der Waals surface area contributed by atoms with Gasteiger partial charge in [0.15, 0.2) is 0 Å². The Kier molecular flexibility index (Phi) is 8.28. The highest BCUT2D eigenvalue weighted by Gasteiger charge is 2.21. The standard InChI is InChI=1S/C31H34N2O/c1-3-18-33-21-23(2)31(34-22-24-10-5-4-6-11-24)26-16-17-27(20-32)30(19-26)29-15-9-13-25-12-7-8-14-28(25)29/h7-9,12-19,21,24,31H,3-6,10-11,22H2,1-2H3/b23-21+,33-18?. The summed E-state index contributed by atoms with van der Waals surface area (Å²) in [6.45, 7) is 4.94. The Morgan fingerprint density at radius 1 is 1.06 bits per heavy atom. The first-order valence-electron chi connectivity index (χ1n) is 12.5. The summed E-state index contributed by atoms with van der Waals surface area (Å²) in [5.41, 5.74) is 4.85. The first kappa shape index (κ1) is 23.9. The lowest BCUT2D eigenvalue weighted by molar-refractivity contribution is 0.0397. The largest absolute Gasteiger partial charge is 0.369 e. The zero-order valence-electron chi connectivity index (χ0n) is 20.3. The molecule has 3 heteroatoms. The average molecular weight is 451 g/mol. The van der Waals surface area contributed by atoms with Gasteiger partial charge in [-0.15, -0.1) is 0 Å². The number of benzene rings is 3. The highest BCUT2D eigenvalue weighted by atomic mass is 16.5. The van der Waals surface area contributed by atoms with E-state index in [9.17, 15) is 5.26 Å². The van der Waals surface area contributed by atoms with Crippen LogP contribution in [0, 0.1) is 17.2 Å². The van der Waals surface area contributed by atoms with Crippen molar-refractivity contribution in [3.8, 4) is 17.2 Å². The lowest BCUT2D eigenvalue weighted by atomic mass is 9.89. The summed E-state index contributed by atoms with van der Waals surface area (Å²) < 4.78 is 6.59. The molecule has 1 unspecified atom stereocenters. The molecule has 0 aliphatic heterocycles. The third-order valence-corrected chi connectivity index (χ3v) is 6.75. The predicted octanol–water partition coefficient (Wildman–Crippen LogP) is 8.40. The van der Waals surface area contributed by atoms with Crippen LogP contribution in [-0.2, 0) is 4.74 Å². The van der Waals surface area contributed by atoms with Crippen molar-refractivity contribution in [2.75, 3.05) is 6.61 Å². The molecular weight excluding hydrogens is 416 g/mol. The molecule has 174 valence electrons. The molecule has 0 aromatic heterocycles. The summed E-state index contributed by atoms with van der Waals surface area (Å²) in [6.07, 6.45) is 11.0. The smallest absolute Gasteiger partial charge is 0.105 e. The summed E-state index contributed by atoms with van der Waals surface area (Å²) >= 11 is 0. The van der Waals surface area contributed by atoms with Crippen LogP contribution in [0.3, 0.4) is 0 Å². The summed E-state index contributed by atoms with van der Waals surface area (Å²) in [5, 5.41) is 12.2. The van der Waals surface area contributed by atoms with Crippen molar-refractivity contribution in [3.63, 3.8) is 0 Å². The van der Waals surface area contributed by atoms with Gasteiger partial charge in [0.25, 0.3) is 0 Å². The van der Waals surface area contributed by atoms with E-state index in [1.54, 1.807) is 0 Å². The molecule has 0 bridgehead atoms. The first-order valence-corrected chi connectivity index (χ1v) is 12.5. The second-order valence-electron chi connectivity index (χ2n) is 9.27. The van der Waals surface area contributed by atoms with Crippen LogP contribution < -0.4 is 0 Å². The molecule has 3 nitrogen and oxygen atoms in total. The topological polar surface area (TPSA) is 45.4 Å². The second kappa shape index (κ2) is 11.8. The minimum atomic E-state index is -0.183. The maximum Gasteiger partial charge on any atom is 0.105 e. The molecule has 1 aliphatic carbocycles. The van der Waals surface area contributed by atoms with E-state index >= 15 is 0 Å². The molecule has 0 radical (unpaired) electrons. The molecule has 3 aromatic carbocycles. The van der Waals surface area contributed by atoms with E-state index in [2.05, 4.69) is 67.4 Å². The Hall–Kier alpha value is -3.22. The monoisotopic (exact) mass is 450 g/mol. The summed E-state index contributed by atoms with van der Waals surface area (Å²) in [7, 11) is 0. The van der Waals surface area contributed by atoms with Crippen LogP contribution in [-0.4, -0.2) is 12.8 Å². The number of ether oxygens (including phenoxy) is 1. The van der Waals surface area contributed by atoms with E-state index in [4.69, 9.17) is 4.74 Å². The molecular formula is C31H34N2O. The van der Waals surface area contributed by atoms with Crippen LogP contribution in [0.1, 0.15) is 69.6 Å². The Bertz CT molecular complexity index is 1210. The van der Waals surface area contributed by atoms with Gasteiger partial charge in [-0.05, 0) is 71.7 Å². The third kappa shape index (κ3) is 5.64. The molecule has 1 atom stereocenters. The number of nitriles is 1. The third-order valence-electron chi connectivity index (χ3n) is 6.75. The van der Waals surface area contributed by atoms with Crippen LogP contribution in [0.2, 0.25) is 0 Å². The molecule has 1 fully saturated rings. The van der Waals surface area contributed by atoms with Gasteiger partial charge in [-0.2, -0.15) is 5.26 Å². The normalized spacial score (nSPS) is 16.1. The van der Waals surface area contributed by atoms with Crippen molar-refractivity contribution in [2.24, 2.45) is 10.9 Å². The minimum absolute atomic E-state index is 0.183. The highest BCUT2D eigenvalue weighted by Crippen LogP contribution is 2.36. The number of hydrogen-bond donors (Lipinski definition) is 0. The fraction of sp³-hybridized carbons (Fsp3) is 0.355. The summed E-state index contributed by atoms with van der Waals surface area (Å²) in [4.78, 5) is 4.47. The van der Waals surface area contributed by atoms with Gasteiger partial charge in [0.2, 0.25) is 0 Å². The van der Waals surface area contributed by atoms with E-state index in [0.29, 0.717) is 11.5 Å². The van der Waals surface area contributed by atoms with E-state index in [1.165, 1.54) is 37.5 Å². The van der Waals surface area contributed by atoms with Gasteiger partial charge in [0.05, 0.1) is 18.2 Å². The van der Waals surface area contributed by atoms with E-state index in [0.717, 1.165) is 40.7 Å². The molecule has 3 aromatic rings. The first-order chi connectivity index (χ1) is 16.7. The fourth-order valence-corrected chi connectivity index (χ4v) is 4.93. The highest BCUT2D eigenvalue weighted by molar-refractivity contribution is 5.97. The lowest BCUT2D eigenvalue weighted by Crippen LogP contribution is -2.17. The van der Waals surface area contributed by atoms with Crippen molar-refractivity contribution in [1.82, 2.24) is 0 Å². The van der Waals surface area contributed by atoms with Gasteiger partial charge >= 0.3 is 0 Å². The molecule has 0 amide bonds. The van der Waals surface area contributed by atoms with Gasteiger partial charge in [-0.3, -0.25) is 4.99 Å². The molecule has 0 saturated heterocycles. The number of fused-ring (bicyclic) bond motifs is 1. The Morgan fingerprint density at radius 2 is 1.85 bits per heavy atom. The van der Waals surface area contributed by atoms with Crippen molar-refractivity contribution >= 4 is 17.0 Å². The molecule has 1 aliphatic rings. The van der Waals surface area contributed by atoms with Gasteiger partial charge in [-0.25, -0.2) is 0 Å². The number of aliphatic imine (C=N–C) groups is 1. The fourth-order valence-electron chi connectivity index (χ4n) is 4.93. The van der Waals surface area contributed by atoms with Crippen LogP contribution in [0.4, 0.5) is 0 Å². The molecule has 34 heavy (non-hydrogen) atoms.